The molecule has 0 spiro atoms. The van der Waals surface area contributed by atoms with Gasteiger partial charge < -0.3 is 10.5 Å². The Balaban J connectivity index is 1.93. The second-order valence-corrected chi connectivity index (χ2v) is 4.80. The zero-order valence-corrected chi connectivity index (χ0v) is 11.6. The fraction of sp³-hybridized carbons (Fsp3) is 0.312. The van der Waals surface area contributed by atoms with Crippen molar-refractivity contribution in [3.63, 3.8) is 0 Å². The molecule has 1 unspecified atom stereocenters. The fourth-order valence-corrected chi connectivity index (χ4v) is 2.15. The number of rotatable bonds is 6. The summed E-state index contributed by atoms with van der Waals surface area (Å²) in [5.74, 6) is -0.0474. The molecule has 0 amide bonds. The number of pyridine rings is 1. The van der Waals surface area contributed by atoms with Crippen molar-refractivity contribution in [1.29, 1.82) is 0 Å². The summed E-state index contributed by atoms with van der Waals surface area (Å²) >= 11 is 0. The van der Waals surface area contributed by atoms with Crippen LogP contribution in [0.5, 0.6) is 5.75 Å². The van der Waals surface area contributed by atoms with E-state index in [9.17, 15) is 4.39 Å². The molecule has 0 saturated heterocycles. The van der Waals surface area contributed by atoms with Crippen molar-refractivity contribution in [3.05, 3.63) is 59.7 Å². The number of nitrogens with zero attached hydrogens (tertiary/aromatic N) is 1. The normalized spacial score (nSPS) is 12.2. The van der Waals surface area contributed by atoms with Crippen molar-refractivity contribution in [2.45, 2.75) is 25.3 Å². The van der Waals surface area contributed by atoms with Gasteiger partial charge >= 0.3 is 0 Å². The predicted molar refractivity (Wildman–Crippen MR) is 77.2 cm³/mol. The van der Waals surface area contributed by atoms with Gasteiger partial charge in [0, 0.05) is 18.4 Å². The summed E-state index contributed by atoms with van der Waals surface area (Å²) in [6.07, 6.45) is 5.72. The topological polar surface area (TPSA) is 48.1 Å². The summed E-state index contributed by atoms with van der Waals surface area (Å²) in [7, 11) is 1.46. The molecule has 0 saturated carbocycles. The Labute approximate surface area is 118 Å². The van der Waals surface area contributed by atoms with E-state index in [4.69, 9.17) is 10.5 Å². The Kier molecular flexibility index (Phi) is 5.07. The molecule has 2 aromatic rings. The Morgan fingerprint density at radius 1 is 1.30 bits per heavy atom. The highest BCUT2D eigenvalue weighted by Gasteiger charge is 2.12. The SMILES string of the molecule is COc1cccc(CC(N)CCc2cccnc2)c1F. The van der Waals surface area contributed by atoms with Gasteiger partial charge in [-0.2, -0.15) is 0 Å². The van der Waals surface area contributed by atoms with E-state index >= 15 is 0 Å². The molecular formula is C16H19FN2O. The summed E-state index contributed by atoms with van der Waals surface area (Å²) in [5, 5.41) is 0. The minimum atomic E-state index is -0.313. The maximum atomic E-state index is 14.0. The smallest absolute Gasteiger partial charge is 0.168 e. The monoisotopic (exact) mass is 274 g/mol. The molecule has 1 heterocycles. The van der Waals surface area contributed by atoms with Crippen LogP contribution in [0.1, 0.15) is 17.5 Å². The van der Waals surface area contributed by atoms with Crippen LogP contribution in [0.25, 0.3) is 0 Å². The molecule has 0 aliphatic rings. The molecule has 0 aliphatic carbocycles. The third-order valence-corrected chi connectivity index (χ3v) is 3.27. The minimum Gasteiger partial charge on any atom is -0.494 e. The van der Waals surface area contributed by atoms with E-state index in [1.807, 2.05) is 18.3 Å². The van der Waals surface area contributed by atoms with E-state index in [-0.39, 0.29) is 17.6 Å². The first-order chi connectivity index (χ1) is 9.70. The van der Waals surface area contributed by atoms with Crippen molar-refractivity contribution in [2.24, 2.45) is 5.73 Å². The number of halogens is 1. The molecule has 106 valence electrons. The van der Waals surface area contributed by atoms with Gasteiger partial charge in [0.1, 0.15) is 0 Å². The number of aryl methyl sites for hydroxylation is 1. The van der Waals surface area contributed by atoms with E-state index in [0.29, 0.717) is 12.0 Å². The molecule has 0 fully saturated rings. The molecule has 2 N–H and O–H groups in total. The average molecular weight is 274 g/mol. The largest absolute Gasteiger partial charge is 0.494 e. The number of benzene rings is 1. The number of nitrogens with two attached hydrogens (primary N) is 1. The van der Waals surface area contributed by atoms with Crippen LogP contribution < -0.4 is 10.5 Å². The Morgan fingerprint density at radius 2 is 2.15 bits per heavy atom. The highest BCUT2D eigenvalue weighted by atomic mass is 19.1. The fourth-order valence-electron chi connectivity index (χ4n) is 2.15. The quantitative estimate of drug-likeness (QED) is 0.881. The van der Waals surface area contributed by atoms with Gasteiger partial charge in [-0.1, -0.05) is 18.2 Å². The lowest BCUT2D eigenvalue weighted by Crippen LogP contribution is -2.24. The van der Waals surface area contributed by atoms with E-state index in [1.54, 1.807) is 24.4 Å². The van der Waals surface area contributed by atoms with Crippen molar-refractivity contribution in [1.82, 2.24) is 4.98 Å². The van der Waals surface area contributed by atoms with Crippen molar-refractivity contribution >= 4 is 0 Å². The maximum absolute atomic E-state index is 14.0. The first kappa shape index (κ1) is 14.5. The lowest BCUT2D eigenvalue weighted by molar-refractivity contribution is 0.383. The molecular weight excluding hydrogens is 255 g/mol. The summed E-state index contributed by atoms with van der Waals surface area (Å²) in [6.45, 7) is 0. The zero-order chi connectivity index (χ0) is 14.4. The zero-order valence-electron chi connectivity index (χ0n) is 11.6. The highest BCUT2D eigenvalue weighted by Crippen LogP contribution is 2.21. The van der Waals surface area contributed by atoms with Crippen LogP contribution in [0.4, 0.5) is 4.39 Å². The molecule has 0 aliphatic heterocycles. The molecule has 1 aromatic heterocycles. The van der Waals surface area contributed by atoms with Gasteiger partial charge in [0.25, 0.3) is 0 Å². The highest BCUT2D eigenvalue weighted by molar-refractivity contribution is 5.31. The Bertz CT molecular complexity index is 545. The summed E-state index contributed by atoms with van der Waals surface area (Å²) in [6, 6.07) is 8.98. The van der Waals surface area contributed by atoms with Gasteiger partial charge in [-0.15, -0.1) is 0 Å². The van der Waals surface area contributed by atoms with E-state index in [1.165, 1.54) is 7.11 Å². The van der Waals surface area contributed by atoms with E-state index in [2.05, 4.69) is 4.98 Å². The van der Waals surface area contributed by atoms with Gasteiger partial charge in [0.15, 0.2) is 11.6 Å². The minimum absolute atomic E-state index is 0.0863. The van der Waals surface area contributed by atoms with Gasteiger partial charge in [0.2, 0.25) is 0 Å². The van der Waals surface area contributed by atoms with Gasteiger partial charge in [0.05, 0.1) is 7.11 Å². The second kappa shape index (κ2) is 7.01. The van der Waals surface area contributed by atoms with Crippen LogP contribution in [0.15, 0.2) is 42.7 Å². The standard InChI is InChI=1S/C16H19FN2O/c1-20-15-6-2-5-13(16(15)17)10-14(18)8-7-12-4-3-9-19-11-12/h2-6,9,11,14H,7-8,10,18H2,1H3. The first-order valence-electron chi connectivity index (χ1n) is 6.66. The first-order valence-corrected chi connectivity index (χ1v) is 6.66. The molecule has 0 radical (unpaired) electrons. The van der Waals surface area contributed by atoms with Crippen LogP contribution in [-0.2, 0) is 12.8 Å². The molecule has 3 nitrogen and oxygen atoms in total. The van der Waals surface area contributed by atoms with Gasteiger partial charge in [-0.05, 0) is 42.5 Å². The maximum Gasteiger partial charge on any atom is 0.168 e. The number of hydrogen-bond donors (Lipinski definition) is 1. The summed E-state index contributed by atoms with van der Waals surface area (Å²) in [4.78, 5) is 4.07. The van der Waals surface area contributed by atoms with E-state index in [0.717, 1.165) is 18.4 Å². The third-order valence-electron chi connectivity index (χ3n) is 3.27. The Hall–Kier alpha value is -1.94. The van der Waals surface area contributed by atoms with Crippen LogP contribution >= 0.6 is 0 Å². The number of hydrogen-bond acceptors (Lipinski definition) is 3. The number of methoxy groups -OCH3 is 1. The van der Waals surface area contributed by atoms with Crippen molar-refractivity contribution < 1.29 is 9.13 Å². The molecule has 2 rings (SSSR count). The molecule has 4 heteroatoms. The van der Waals surface area contributed by atoms with Gasteiger partial charge in [-0.25, -0.2) is 4.39 Å². The molecule has 20 heavy (non-hydrogen) atoms. The predicted octanol–water partition coefficient (Wildman–Crippen LogP) is 2.73. The van der Waals surface area contributed by atoms with Crippen molar-refractivity contribution in [2.75, 3.05) is 7.11 Å². The summed E-state index contributed by atoms with van der Waals surface area (Å²) < 4.78 is 19.0. The third kappa shape index (κ3) is 3.78. The second-order valence-electron chi connectivity index (χ2n) is 4.80. The average Bonchev–Trinajstić information content (AvgIpc) is 2.48. The van der Waals surface area contributed by atoms with Crippen LogP contribution in [-0.4, -0.2) is 18.1 Å². The van der Waals surface area contributed by atoms with E-state index < -0.39 is 0 Å². The Morgan fingerprint density at radius 3 is 2.85 bits per heavy atom. The lowest BCUT2D eigenvalue weighted by atomic mass is 10.00. The molecule has 1 atom stereocenters. The number of aromatic nitrogens is 1. The summed E-state index contributed by atoms with van der Waals surface area (Å²) in [5.41, 5.74) is 7.83. The van der Waals surface area contributed by atoms with Crippen LogP contribution in [0, 0.1) is 5.82 Å². The van der Waals surface area contributed by atoms with Crippen LogP contribution in [0.3, 0.4) is 0 Å². The van der Waals surface area contributed by atoms with Crippen LogP contribution in [0.2, 0.25) is 0 Å². The van der Waals surface area contributed by atoms with Gasteiger partial charge in [-0.3, -0.25) is 4.98 Å². The van der Waals surface area contributed by atoms with Crippen molar-refractivity contribution in [3.8, 4) is 5.75 Å². The number of ether oxygens (including phenoxy) is 1. The molecule has 0 bridgehead atoms. The lowest BCUT2D eigenvalue weighted by Gasteiger charge is -2.13. The molecule has 1 aromatic carbocycles.